The Morgan fingerprint density at radius 3 is 1.74 bits per heavy atom. The van der Waals surface area contributed by atoms with E-state index in [4.69, 9.17) is 19.4 Å². The van der Waals surface area contributed by atoms with Gasteiger partial charge in [-0.25, -0.2) is 15.0 Å². The molecule has 0 unspecified atom stereocenters. The van der Waals surface area contributed by atoms with Crippen molar-refractivity contribution in [3.05, 3.63) is 170 Å². The molecule has 0 aliphatic carbocycles. The zero-order valence-electron chi connectivity index (χ0n) is 28.9. The van der Waals surface area contributed by atoms with Crippen LogP contribution in [0.3, 0.4) is 0 Å². The summed E-state index contributed by atoms with van der Waals surface area (Å²) in [7, 11) is 0. The maximum absolute atomic E-state index is 6.86. The zero-order chi connectivity index (χ0) is 35.3. The highest BCUT2D eigenvalue weighted by atomic mass is 16.3. The van der Waals surface area contributed by atoms with Gasteiger partial charge in [-0.2, -0.15) is 0 Å². The van der Waals surface area contributed by atoms with Crippen LogP contribution in [0.15, 0.2) is 174 Å². The molecule has 0 spiro atoms. The summed E-state index contributed by atoms with van der Waals surface area (Å²) in [6, 6.07) is 59.5. The van der Waals surface area contributed by atoms with E-state index in [0.717, 1.165) is 55.3 Å². The van der Waals surface area contributed by atoms with Crippen LogP contribution in [0, 0.1) is 0 Å². The molecule has 5 nitrogen and oxygen atoms in total. The fraction of sp³-hybridized carbons (Fsp3) is 0. The highest BCUT2D eigenvalue weighted by molar-refractivity contribution is 6.39. The Balaban J connectivity index is 1.22. The molecule has 0 bridgehead atoms. The molecule has 0 aliphatic heterocycles. The molecule has 0 aliphatic rings. The molecular weight excluding hydrogens is 661 g/mol. The number of hydrogen-bond donors (Lipinski definition) is 0. The second-order valence-corrected chi connectivity index (χ2v) is 13.9. The van der Waals surface area contributed by atoms with E-state index < -0.39 is 0 Å². The maximum Gasteiger partial charge on any atom is 0.167 e. The van der Waals surface area contributed by atoms with E-state index in [9.17, 15) is 0 Å². The van der Waals surface area contributed by atoms with Crippen molar-refractivity contribution in [2.45, 2.75) is 0 Å². The van der Waals surface area contributed by atoms with Crippen LogP contribution in [0.4, 0.5) is 0 Å². The third-order valence-electron chi connectivity index (χ3n) is 11.0. The molecule has 0 radical (unpaired) electrons. The van der Waals surface area contributed by atoms with Gasteiger partial charge < -0.3 is 8.98 Å². The molecular formula is C49H28N4O. The summed E-state index contributed by atoms with van der Waals surface area (Å²) in [5, 5.41) is 12.2. The first kappa shape index (κ1) is 29.2. The van der Waals surface area contributed by atoms with Gasteiger partial charge in [-0.15, -0.1) is 0 Å². The molecule has 9 aromatic carbocycles. The van der Waals surface area contributed by atoms with Gasteiger partial charge in [-0.1, -0.05) is 140 Å². The Morgan fingerprint density at radius 1 is 0.389 bits per heavy atom. The third kappa shape index (κ3) is 4.06. The summed E-state index contributed by atoms with van der Waals surface area (Å²) in [6.45, 7) is 0. The molecule has 0 saturated carbocycles. The monoisotopic (exact) mass is 688 g/mol. The average Bonchev–Trinajstić information content (AvgIpc) is 3.80. The first-order valence-electron chi connectivity index (χ1n) is 18.2. The number of nitrogens with zero attached hydrogens (tertiary/aromatic N) is 4. The van der Waals surface area contributed by atoms with Crippen LogP contribution in [0.1, 0.15) is 0 Å². The van der Waals surface area contributed by atoms with Crippen molar-refractivity contribution < 1.29 is 4.42 Å². The van der Waals surface area contributed by atoms with Crippen molar-refractivity contribution in [1.82, 2.24) is 19.5 Å². The van der Waals surface area contributed by atoms with Crippen molar-refractivity contribution in [2.24, 2.45) is 0 Å². The second kappa shape index (κ2) is 11.1. The zero-order valence-corrected chi connectivity index (χ0v) is 28.9. The van der Waals surface area contributed by atoms with Crippen LogP contribution in [-0.4, -0.2) is 19.5 Å². The van der Waals surface area contributed by atoms with Gasteiger partial charge in [-0.05, 0) is 57.3 Å². The Kier molecular flexibility index (Phi) is 5.99. The normalized spacial score (nSPS) is 12.1. The lowest BCUT2D eigenvalue weighted by atomic mass is 9.91. The number of hydrogen-bond acceptors (Lipinski definition) is 4. The minimum atomic E-state index is 0.560. The van der Waals surface area contributed by atoms with Gasteiger partial charge in [-0.3, -0.25) is 0 Å². The number of aromatic nitrogens is 4. The topological polar surface area (TPSA) is 56.7 Å². The predicted molar refractivity (Wildman–Crippen MR) is 221 cm³/mol. The van der Waals surface area contributed by atoms with Crippen LogP contribution in [0.25, 0.3) is 116 Å². The van der Waals surface area contributed by atoms with Crippen molar-refractivity contribution in [2.75, 3.05) is 0 Å². The predicted octanol–water partition coefficient (Wildman–Crippen LogP) is 12.8. The molecule has 12 rings (SSSR count). The van der Waals surface area contributed by atoms with Gasteiger partial charge in [0.25, 0.3) is 0 Å². The fourth-order valence-corrected chi connectivity index (χ4v) is 8.68. The minimum Gasteiger partial charge on any atom is -0.455 e. The molecule has 0 fully saturated rings. The van der Waals surface area contributed by atoms with E-state index >= 15 is 0 Å². The SMILES string of the molecule is c1ccc(-c2nc(-c3ccccc3)nc(-c3ccc(-n4c5cccc6c7ccccc7c7c8ccccc8cc4c7c65)c4c3oc3ccccc34)n2)cc1. The van der Waals surface area contributed by atoms with E-state index in [1.54, 1.807) is 0 Å². The lowest BCUT2D eigenvalue weighted by Crippen LogP contribution is -2.01. The Morgan fingerprint density at radius 2 is 0.981 bits per heavy atom. The molecule has 54 heavy (non-hydrogen) atoms. The molecule has 3 heterocycles. The van der Waals surface area contributed by atoms with E-state index in [1.807, 2.05) is 72.8 Å². The van der Waals surface area contributed by atoms with Crippen molar-refractivity contribution in [3.8, 4) is 39.9 Å². The summed E-state index contributed by atoms with van der Waals surface area (Å²) in [4.78, 5) is 15.2. The smallest absolute Gasteiger partial charge is 0.167 e. The number of fused-ring (bicyclic) bond motifs is 8. The van der Waals surface area contributed by atoms with Crippen molar-refractivity contribution in [1.29, 1.82) is 0 Å². The van der Waals surface area contributed by atoms with Crippen LogP contribution in [0.2, 0.25) is 0 Å². The standard InChI is InChI=1S/C49H28N4O/c1-3-14-29(15-4-1)47-50-48(30-16-5-2-6-17-30)52-49(51-47)37-26-27-39(44-36-22-11-12-25-41(36)54-46(37)44)53-38-24-13-23-35-33-20-9-10-21-34(33)42-32-19-8-7-18-31(32)28-40(53)45(42)43(35)38/h1-28H. The Bertz CT molecular complexity index is 3370. The summed E-state index contributed by atoms with van der Waals surface area (Å²) >= 11 is 0. The summed E-state index contributed by atoms with van der Waals surface area (Å²) < 4.78 is 9.31. The summed E-state index contributed by atoms with van der Waals surface area (Å²) in [5.74, 6) is 1.78. The minimum absolute atomic E-state index is 0.560. The van der Waals surface area contributed by atoms with Crippen LogP contribution >= 0.6 is 0 Å². The van der Waals surface area contributed by atoms with E-state index in [0.29, 0.717) is 17.5 Å². The molecule has 12 aromatic rings. The average molecular weight is 689 g/mol. The van der Waals surface area contributed by atoms with Crippen molar-refractivity contribution >= 4 is 76.1 Å². The van der Waals surface area contributed by atoms with Crippen LogP contribution in [0.5, 0.6) is 0 Å². The van der Waals surface area contributed by atoms with Gasteiger partial charge in [0.05, 0.1) is 27.7 Å². The molecule has 3 aromatic heterocycles. The van der Waals surface area contributed by atoms with Crippen LogP contribution in [-0.2, 0) is 0 Å². The Labute approximate surface area is 308 Å². The Hall–Kier alpha value is -7.37. The van der Waals surface area contributed by atoms with Gasteiger partial charge >= 0.3 is 0 Å². The number of rotatable bonds is 4. The van der Waals surface area contributed by atoms with E-state index in [2.05, 4.69) is 102 Å². The van der Waals surface area contributed by atoms with E-state index in [1.165, 1.54) is 43.1 Å². The first-order chi connectivity index (χ1) is 26.8. The highest BCUT2D eigenvalue weighted by Crippen LogP contribution is 2.48. The molecule has 0 amide bonds. The molecule has 0 N–H and O–H groups in total. The van der Waals surface area contributed by atoms with Gasteiger partial charge in [0.2, 0.25) is 0 Å². The summed E-state index contributed by atoms with van der Waals surface area (Å²) in [6.07, 6.45) is 0. The fourth-order valence-electron chi connectivity index (χ4n) is 8.68. The molecule has 0 saturated heterocycles. The van der Waals surface area contributed by atoms with Gasteiger partial charge in [0.15, 0.2) is 17.5 Å². The van der Waals surface area contributed by atoms with Gasteiger partial charge in [0.1, 0.15) is 11.2 Å². The largest absolute Gasteiger partial charge is 0.455 e. The summed E-state index contributed by atoms with van der Waals surface area (Å²) in [5.41, 5.74) is 7.57. The van der Waals surface area contributed by atoms with Crippen molar-refractivity contribution in [3.63, 3.8) is 0 Å². The highest BCUT2D eigenvalue weighted by Gasteiger charge is 2.25. The second-order valence-electron chi connectivity index (χ2n) is 13.9. The quantitative estimate of drug-likeness (QED) is 0.173. The first-order valence-corrected chi connectivity index (χ1v) is 18.2. The molecule has 0 atom stereocenters. The maximum atomic E-state index is 6.86. The lowest BCUT2D eigenvalue weighted by molar-refractivity contribution is 0.669. The van der Waals surface area contributed by atoms with Crippen LogP contribution < -0.4 is 0 Å². The number of para-hydroxylation sites is 1. The lowest BCUT2D eigenvalue weighted by Gasteiger charge is -2.13. The van der Waals surface area contributed by atoms with Gasteiger partial charge in [0, 0.05) is 32.7 Å². The molecule has 5 heteroatoms. The van der Waals surface area contributed by atoms with E-state index in [-0.39, 0.29) is 0 Å². The number of benzene rings is 9. The number of furan rings is 1. The third-order valence-corrected chi connectivity index (χ3v) is 11.0. The molecule has 250 valence electrons.